The zero-order chi connectivity index (χ0) is 19.9. The van der Waals surface area contributed by atoms with Gasteiger partial charge in [-0.1, -0.05) is 58.5 Å². The lowest BCUT2D eigenvalue weighted by molar-refractivity contribution is -0.122. The molecule has 146 valence electrons. The van der Waals surface area contributed by atoms with E-state index >= 15 is 0 Å². The van der Waals surface area contributed by atoms with Crippen molar-refractivity contribution in [2.24, 2.45) is 0 Å². The fraction of sp³-hybridized carbons (Fsp3) is 0.263. The molecular weight excluding hydrogens is 478 g/mol. The number of thioether (sulfide) groups is 1. The predicted molar refractivity (Wildman–Crippen MR) is 123 cm³/mol. The highest BCUT2D eigenvalue weighted by Gasteiger charge is 2.31. The predicted octanol–water partition coefficient (Wildman–Crippen LogP) is 5.31. The van der Waals surface area contributed by atoms with Gasteiger partial charge in [0.2, 0.25) is 5.91 Å². The van der Waals surface area contributed by atoms with Crippen molar-refractivity contribution in [1.29, 1.82) is 0 Å². The van der Waals surface area contributed by atoms with E-state index in [9.17, 15) is 9.59 Å². The maximum absolute atomic E-state index is 12.6. The Balaban J connectivity index is 1.42. The highest BCUT2D eigenvalue weighted by molar-refractivity contribution is 9.10. The van der Waals surface area contributed by atoms with Crippen LogP contribution in [0.25, 0.3) is 6.08 Å². The van der Waals surface area contributed by atoms with Crippen molar-refractivity contribution in [3.05, 3.63) is 50.8 Å². The number of anilines is 1. The third-order valence-electron chi connectivity index (χ3n) is 4.01. The van der Waals surface area contributed by atoms with Crippen LogP contribution < -0.4 is 5.32 Å². The lowest BCUT2D eigenvalue weighted by Gasteiger charge is -2.14. The van der Waals surface area contributed by atoms with Crippen molar-refractivity contribution in [3.8, 4) is 0 Å². The Bertz CT molecular complexity index is 882. The lowest BCUT2D eigenvalue weighted by Crippen LogP contribution is -2.29. The molecule has 2 aromatic rings. The van der Waals surface area contributed by atoms with E-state index in [-0.39, 0.29) is 11.8 Å². The van der Waals surface area contributed by atoms with Gasteiger partial charge in [0, 0.05) is 29.0 Å². The first kappa shape index (κ1) is 21.2. The van der Waals surface area contributed by atoms with Crippen molar-refractivity contribution < 1.29 is 9.59 Å². The zero-order valence-electron chi connectivity index (χ0n) is 14.9. The summed E-state index contributed by atoms with van der Waals surface area (Å²) in [4.78, 5) is 30.8. The monoisotopic (exact) mass is 495 g/mol. The molecule has 28 heavy (non-hydrogen) atoms. The van der Waals surface area contributed by atoms with Crippen LogP contribution in [0.4, 0.5) is 5.13 Å². The number of aromatic nitrogens is 1. The van der Waals surface area contributed by atoms with Gasteiger partial charge < -0.3 is 5.32 Å². The summed E-state index contributed by atoms with van der Waals surface area (Å²) < 4.78 is 1.59. The number of carbonyl (C=O) groups excluding carboxylic acids is 2. The Labute approximate surface area is 185 Å². The van der Waals surface area contributed by atoms with Gasteiger partial charge in [0.25, 0.3) is 5.91 Å². The second-order valence-electron chi connectivity index (χ2n) is 6.08. The summed E-state index contributed by atoms with van der Waals surface area (Å²) in [6.07, 6.45) is 6.40. The zero-order valence-corrected chi connectivity index (χ0v) is 18.9. The van der Waals surface area contributed by atoms with Gasteiger partial charge >= 0.3 is 0 Å². The van der Waals surface area contributed by atoms with Gasteiger partial charge in [-0.05, 0) is 36.6 Å². The SMILES string of the molecule is O=C(CCCCCN1C(=O)/C(=C/c2ccc(Br)cc2)SC1=S)Nc1nccs1. The van der Waals surface area contributed by atoms with Crippen LogP contribution >= 0.6 is 51.2 Å². The number of nitrogens with one attached hydrogen (secondary N) is 1. The molecule has 1 aromatic heterocycles. The number of carbonyl (C=O) groups is 2. The smallest absolute Gasteiger partial charge is 0.266 e. The first-order chi connectivity index (χ1) is 13.5. The van der Waals surface area contributed by atoms with Gasteiger partial charge in [-0.3, -0.25) is 14.5 Å². The summed E-state index contributed by atoms with van der Waals surface area (Å²) in [5.74, 6) is -0.0718. The molecular formula is C19H18BrN3O2S3. The number of hydrogen-bond acceptors (Lipinski definition) is 6. The summed E-state index contributed by atoms with van der Waals surface area (Å²) in [6, 6.07) is 7.79. The van der Waals surface area contributed by atoms with Crippen LogP contribution in [0, 0.1) is 0 Å². The largest absolute Gasteiger partial charge is 0.302 e. The first-order valence-corrected chi connectivity index (χ1v) is 11.6. The molecule has 0 bridgehead atoms. The summed E-state index contributed by atoms with van der Waals surface area (Å²) in [7, 11) is 0. The van der Waals surface area contributed by atoms with Gasteiger partial charge in [0.15, 0.2) is 5.13 Å². The molecule has 0 atom stereocenters. The number of benzene rings is 1. The number of thiocarbonyl (C=S) groups is 1. The Kier molecular flexibility index (Phi) is 7.78. The summed E-state index contributed by atoms with van der Waals surface area (Å²) in [6.45, 7) is 0.580. The summed E-state index contributed by atoms with van der Waals surface area (Å²) in [5, 5.41) is 5.22. The van der Waals surface area contributed by atoms with Crippen LogP contribution in [0.3, 0.4) is 0 Å². The molecule has 1 aliphatic rings. The van der Waals surface area contributed by atoms with E-state index in [1.807, 2.05) is 35.7 Å². The Morgan fingerprint density at radius 2 is 2.04 bits per heavy atom. The Morgan fingerprint density at radius 3 is 2.75 bits per heavy atom. The highest BCUT2D eigenvalue weighted by Crippen LogP contribution is 2.33. The minimum absolute atomic E-state index is 0.0296. The average molecular weight is 496 g/mol. The van der Waals surface area contributed by atoms with Crippen molar-refractivity contribution in [1.82, 2.24) is 9.88 Å². The number of nitrogens with zero attached hydrogens (tertiary/aromatic N) is 2. The van der Waals surface area contributed by atoms with Crippen LogP contribution in [0.2, 0.25) is 0 Å². The van der Waals surface area contributed by atoms with E-state index in [1.165, 1.54) is 23.1 Å². The van der Waals surface area contributed by atoms with Crippen LogP contribution in [-0.2, 0) is 9.59 Å². The van der Waals surface area contributed by atoms with Crippen LogP contribution in [0.1, 0.15) is 31.2 Å². The topological polar surface area (TPSA) is 62.3 Å². The third-order valence-corrected chi connectivity index (χ3v) is 6.60. The molecule has 0 unspecified atom stereocenters. The van der Waals surface area contributed by atoms with E-state index in [4.69, 9.17) is 12.2 Å². The van der Waals surface area contributed by atoms with E-state index in [1.54, 1.807) is 11.1 Å². The molecule has 2 amide bonds. The molecule has 1 fully saturated rings. The first-order valence-electron chi connectivity index (χ1n) is 8.73. The van der Waals surface area contributed by atoms with Gasteiger partial charge in [0.05, 0.1) is 4.91 Å². The molecule has 1 saturated heterocycles. The molecule has 2 heterocycles. The third kappa shape index (κ3) is 5.97. The van der Waals surface area contributed by atoms with Gasteiger partial charge in [-0.2, -0.15) is 0 Å². The number of rotatable bonds is 8. The van der Waals surface area contributed by atoms with Crippen molar-refractivity contribution >= 4 is 78.6 Å². The highest BCUT2D eigenvalue weighted by atomic mass is 79.9. The molecule has 0 aliphatic carbocycles. The van der Waals surface area contributed by atoms with E-state index < -0.39 is 0 Å². The second-order valence-corrected chi connectivity index (χ2v) is 9.57. The lowest BCUT2D eigenvalue weighted by atomic mass is 10.2. The number of unbranched alkanes of at least 4 members (excludes halogenated alkanes) is 2. The van der Waals surface area contributed by atoms with Crippen molar-refractivity contribution in [2.75, 3.05) is 11.9 Å². The van der Waals surface area contributed by atoms with Crippen molar-refractivity contribution in [3.63, 3.8) is 0 Å². The molecule has 0 radical (unpaired) electrons. The van der Waals surface area contributed by atoms with Gasteiger partial charge in [-0.15, -0.1) is 11.3 Å². The normalized spacial score (nSPS) is 15.5. The molecule has 0 saturated carbocycles. The summed E-state index contributed by atoms with van der Waals surface area (Å²) in [5.41, 5.74) is 0.968. The standard InChI is InChI=1S/C19H18BrN3O2S3/c20-14-7-5-13(6-8-14)12-15-17(25)23(19(26)28-15)10-3-1-2-4-16(24)22-18-21-9-11-27-18/h5-9,11-12H,1-4,10H2,(H,21,22,24)/b15-12-. The van der Waals surface area contributed by atoms with Crippen molar-refractivity contribution in [2.45, 2.75) is 25.7 Å². The molecule has 9 heteroatoms. The molecule has 1 aromatic carbocycles. The molecule has 3 rings (SSSR count). The number of thiazole rings is 1. The van der Waals surface area contributed by atoms with E-state index in [0.717, 1.165) is 29.3 Å². The van der Waals surface area contributed by atoms with Crippen LogP contribution in [0.5, 0.6) is 0 Å². The maximum Gasteiger partial charge on any atom is 0.266 e. The van der Waals surface area contributed by atoms with E-state index in [0.29, 0.717) is 27.3 Å². The Hall–Kier alpha value is -1.55. The maximum atomic E-state index is 12.6. The molecule has 1 N–H and O–H groups in total. The summed E-state index contributed by atoms with van der Waals surface area (Å²) >= 11 is 11.5. The van der Waals surface area contributed by atoms with Gasteiger partial charge in [-0.25, -0.2) is 4.98 Å². The second kappa shape index (κ2) is 10.3. The van der Waals surface area contributed by atoms with Crippen LogP contribution in [-0.4, -0.2) is 32.6 Å². The van der Waals surface area contributed by atoms with Gasteiger partial charge in [0.1, 0.15) is 4.32 Å². The Morgan fingerprint density at radius 1 is 1.25 bits per heavy atom. The fourth-order valence-corrected chi connectivity index (χ4v) is 4.72. The fourth-order valence-electron chi connectivity index (χ4n) is 2.60. The van der Waals surface area contributed by atoms with Crippen LogP contribution in [0.15, 0.2) is 45.2 Å². The average Bonchev–Trinajstić information content (AvgIpc) is 3.26. The number of amides is 2. The molecule has 5 nitrogen and oxygen atoms in total. The molecule has 0 spiro atoms. The number of hydrogen-bond donors (Lipinski definition) is 1. The molecule has 1 aliphatic heterocycles. The minimum Gasteiger partial charge on any atom is -0.302 e. The van der Waals surface area contributed by atoms with E-state index in [2.05, 4.69) is 26.2 Å². The number of halogens is 1. The minimum atomic E-state index is -0.0422. The quantitative estimate of drug-likeness (QED) is 0.305.